The van der Waals surface area contributed by atoms with Crippen LogP contribution in [0.1, 0.15) is 48.0 Å². The van der Waals surface area contributed by atoms with Gasteiger partial charge in [-0.3, -0.25) is 4.79 Å². The lowest BCUT2D eigenvalue weighted by Crippen LogP contribution is -2.36. The highest BCUT2D eigenvalue weighted by Crippen LogP contribution is 2.23. The zero-order valence-corrected chi connectivity index (χ0v) is 18.2. The van der Waals surface area contributed by atoms with Crippen molar-refractivity contribution in [3.05, 3.63) is 77.9 Å². The van der Waals surface area contributed by atoms with Crippen LogP contribution in [0.15, 0.2) is 66.7 Å². The van der Waals surface area contributed by atoms with Gasteiger partial charge in [0.1, 0.15) is 0 Å². The fourth-order valence-corrected chi connectivity index (χ4v) is 4.33. The predicted molar refractivity (Wildman–Crippen MR) is 127 cm³/mol. The van der Waals surface area contributed by atoms with Crippen LogP contribution in [0.25, 0.3) is 16.9 Å². The molecule has 0 spiro atoms. The third-order valence-corrected chi connectivity index (χ3v) is 6.02. The number of carbonyl (C=O) groups is 1. The van der Waals surface area contributed by atoms with Crippen LogP contribution in [0.2, 0.25) is 0 Å². The highest BCUT2D eigenvalue weighted by atomic mass is 16.1. The van der Waals surface area contributed by atoms with Crippen molar-refractivity contribution in [2.45, 2.75) is 45.1 Å². The first-order chi connectivity index (χ1) is 15.7. The highest BCUT2D eigenvalue weighted by Gasteiger charge is 2.16. The zero-order chi connectivity index (χ0) is 21.9. The van der Waals surface area contributed by atoms with Crippen molar-refractivity contribution in [1.29, 1.82) is 0 Å². The normalized spacial score (nSPS) is 14.4. The fourth-order valence-electron chi connectivity index (χ4n) is 4.33. The zero-order valence-electron chi connectivity index (χ0n) is 18.2. The molecule has 6 heteroatoms. The summed E-state index contributed by atoms with van der Waals surface area (Å²) in [6.45, 7) is 2.08. The number of pyridine rings is 1. The van der Waals surface area contributed by atoms with E-state index >= 15 is 0 Å². The molecule has 4 aromatic rings. The standard InChI is InChI=1S/C26H27N5O/c1-18-7-5-8-20(17-18)23-11-6-12-24-29-26(30-31(23)24)28-22-15-13-19(14-16-22)25(32)27-21-9-3-2-4-10-21/h5-8,11-17,21H,2-4,9-10H2,1H3,(H,27,32)(H,28,30). The predicted octanol–water partition coefficient (Wildman–Crippen LogP) is 5.51. The lowest BCUT2D eigenvalue weighted by Gasteiger charge is -2.22. The summed E-state index contributed by atoms with van der Waals surface area (Å²) < 4.78 is 1.85. The van der Waals surface area contributed by atoms with Crippen molar-refractivity contribution in [3.8, 4) is 11.3 Å². The van der Waals surface area contributed by atoms with Crippen molar-refractivity contribution in [1.82, 2.24) is 19.9 Å². The van der Waals surface area contributed by atoms with Gasteiger partial charge in [0.2, 0.25) is 5.95 Å². The number of nitrogens with one attached hydrogen (secondary N) is 2. The van der Waals surface area contributed by atoms with Crippen LogP contribution in [-0.2, 0) is 0 Å². The quantitative estimate of drug-likeness (QED) is 0.442. The van der Waals surface area contributed by atoms with Gasteiger partial charge in [-0.15, -0.1) is 5.10 Å². The van der Waals surface area contributed by atoms with E-state index in [1.54, 1.807) is 0 Å². The van der Waals surface area contributed by atoms with E-state index in [1.165, 1.54) is 24.8 Å². The average molecular weight is 426 g/mol. The number of aromatic nitrogens is 3. The van der Waals surface area contributed by atoms with Gasteiger partial charge >= 0.3 is 0 Å². The molecule has 0 unspecified atom stereocenters. The molecule has 0 radical (unpaired) electrons. The van der Waals surface area contributed by atoms with Gasteiger partial charge < -0.3 is 10.6 Å². The Hall–Kier alpha value is -3.67. The number of hydrogen-bond donors (Lipinski definition) is 2. The van der Waals surface area contributed by atoms with Crippen LogP contribution in [0.4, 0.5) is 11.6 Å². The highest BCUT2D eigenvalue weighted by molar-refractivity contribution is 5.94. The number of nitrogens with zero attached hydrogens (tertiary/aromatic N) is 3. The molecule has 2 N–H and O–H groups in total. The molecule has 0 bridgehead atoms. The lowest BCUT2D eigenvalue weighted by molar-refractivity contribution is 0.0927. The molecule has 6 nitrogen and oxygen atoms in total. The lowest BCUT2D eigenvalue weighted by atomic mass is 9.95. The van der Waals surface area contributed by atoms with Gasteiger partial charge in [-0.05, 0) is 62.2 Å². The molecule has 2 heterocycles. The molecule has 1 fully saturated rings. The van der Waals surface area contributed by atoms with Crippen LogP contribution < -0.4 is 10.6 Å². The monoisotopic (exact) mass is 425 g/mol. The van der Waals surface area contributed by atoms with Gasteiger partial charge in [-0.1, -0.05) is 49.1 Å². The molecule has 162 valence electrons. The van der Waals surface area contributed by atoms with Crippen LogP contribution in [0, 0.1) is 6.92 Å². The van der Waals surface area contributed by atoms with E-state index in [9.17, 15) is 4.79 Å². The molecule has 2 aromatic carbocycles. The van der Waals surface area contributed by atoms with E-state index in [4.69, 9.17) is 0 Å². The largest absolute Gasteiger partial charge is 0.349 e. The van der Waals surface area contributed by atoms with Crippen LogP contribution in [0.5, 0.6) is 0 Å². The molecule has 1 aliphatic rings. The number of amides is 1. The van der Waals surface area contributed by atoms with Crippen molar-refractivity contribution < 1.29 is 4.79 Å². The minimum Gasteiger partial charge on any atom is -0.349 e. The summed E-state index contributed by atoms with van der Waals surface area (Å²) in [5.74, 6) is 0.515. The second-order valence-electron chi connectivity index (χ2n) is 8.50. The van der Waals surface area contributed by atoms with Crippen molar-refractivity contribution in [3.63, 3.8) is 0 Å². The molecule has 1 amide bonds. The van der Waals surface area contributed by atoms with E-state index < -0.39 is 0 Å². The van der Waals surface area contributed by atoms with Crippen LogP contribution >= 0.6 is 0 Å². The summed E-state index contributed by atoms with van der Waals surface area (Å²) >= 11 is 0. The number of fused-ring (bicyclic) bond motifs is 1. The first-order valence-corrected chi connectivity index (χ1v) is 11.3. The second kappa shape index (κ2) is 8.83. The molecule has 5 rings (SSSR count). The third kappa shape index (κ3) is 4.35. The molecule has 0 saturated heterocycles. The van der Waals surface area contributed by atoms with Crippen LogP contribution in [0.3, 0.4) is 0 Å². The topological polar surface area (TPSA) is 71.3 Å². The Labute approximate surface area is 187 Å². The van der Waals surface area contributed by atoms with E-state index in [2.05, 4.69) is 45.8 Å². The van der Waals surface area contributed by atoms with Gasteiger partial charge in [0.15, 0.2) is 5.65 Å². The Morgan fingerprint density at radius 1 is 0.969 bits per heavy atom. The van der Waals surface area contributed by atoms with Gasteiger partial charge in [-0.25, -0.2) is 4.52 Å². The van der Waals surface area contributed by atoms with Gasteiger partial charge in [0.25, 0.3) is 5.91 Å². The minimum absolute atomic E-state index is 0.00268. The number of benzene rings is 2. The van der Waals surface area contributed by atoms with E-state index in [0.29, 0.717) is 17.6 Å². The van der Waals surface area contributed by atoms with E-state index in [-0.39, 0.29) is 5.91 Å². The van der Waals surface area contributed by atoms with E-state index in [1.807, 2.05) is 53.0 Å². The van der Waals surface area contributed by atoms with Gasteiger partial charge in [0.05, 0.1) is 5.69 Å². The number of anilines is 2. The molecule has 0 aliphatic heterocycles. The van der Waals surface area contributed by atoms with E-state index in [0.717, 1.165) is 35.4 Å². The number of carbonyl (C=O) groups excluding carboxylic acids is 1. The summed E-state index contributed by atoms with van der Waals surface area (Å²) in [7, 11) is 0. The van der Waals surface area contributed by atoms with Crippen molar-refractivity contribution in [2.75, 3.05) is 5.32 Å². The Kier molecular flexibility index (Phi) is 5.58. The summed E-state index contributed by atoms with van der Waals surface area (Å²) in [6.07, 6.45) is 5.83. The van der Waals surface area contributed by atoms with Crippen LogP contribution in [-0.4, -0.2) is 26.5 Å². The Balaban J connectivity index is 1.32. The maximum absolute atomic E-state index is 12.5. The summed E-state index contributed by atoms with van der Waals surface area (Å²) in [5, 5.41) is 11.1. The third-order valence-electron chi connectivity index (χ3n) is 6.02. The van der Waals surface area contributed by atoms with Gasteiger partial charge in [0, 0.05) is 22.9 Å². The molecule has 2 aromatic heterocycles. The molecular formula is C26H27N5O. The minimum atomic E-state index is -0.00268. The summed E-state index contributed by atoms with van der Waals surface area (Å²) in [6, 6.07) is 22.1. The summed E-state index contributed by atoms with van der Waals surface area (Å²) in [4.78, 5) is 17.1. The Morgan fingerprint density at radius 2 is 1.75 bits per heavy atom. The molecule has 0 atom stereocenters. The summed E-state index contributed by atoms with van der Waals surface area (Å²) in [5.41, 5.74) is 5.57. The fraction of sp³-hybridized carbons (Fsp3) is 0.269. The maximum Gasteiger partial charge on any atom is 0.251 e. The number of rotatable bonds is 5. The first-order valence-electron chi connectivity index (χ1n) is 11.3. The Morgan fingerprint density at radius 3 is 2.53 bits per heavy atom. The van der Waals surface area contributed by atoms with Crippen molar-refractivity contribution in [2.24, 2.45) is 0 Å². The molecular weight excluding hydrogens is 398 g/mol. The molecule has 32 heavy (non-hydrogen) atoms. The molecule has 1 aliphatic carbocycles. The SMILES string of the molecule is Cc1cccc(-c2cccc3nc(Nc4ccc(C(=O)NC5CCCCC5)cc4)nn23)c1. The maximum atomic E-state index is 12.5. The van der Waals surface area contributed by atoms with Crippen molar-refractivity contribution >= 4 is 23.2 Å². The first kappa shape index (κ1) is 20.2. The number of aryl methyl sites for hydroxylation is 1. The average Bonchev–Trinajstić information content (AvgIpc) is 3.22. The van der Waals surface area contributed by atoms with Gasteiger partial charge in [-0.2, -0.15) is 4.98 Å². The molecule has 1 saturated carbocycles. The Bertz CT molecular complexity index is 1240. The second-order valence-corrected chi connectivity index (χ2v) is 8.50. The number of hydrogen-bond acceptors (Lipinski definition) is 4. The smallest absolute Gasteiger partial charge is 0.251 e.